The third-order valence-electron chi connectivity index (χ3n) is 3.95. The molecule has 1 aliphatic rings. The molecule has 1 aromatic heterocycles. The lowest BCUT2D eigenvalue weighted by atomic mass is 9.99. The average molecular weight is 265 g/mol. The number of aromatic nitrogens is 1. The first-order chi connectivity index (χ1) is 9.60. The first kappa shape index (κ1) is 12.5. The van der Waals surface area contributed by atoms with Crippen molar-refractivity contribution < 1.29 is 4.79 Å². The van der Waals surface area contributed by atoms with Gasteiger partial charge >= 0.3 is 0 Å². The van der Waals surface area contributed by atoms with Crippen LogP contribution in [0, 0.1) is 18.3 Å². The van der Waals surface area contributed by atoms with Gasteiger partial charge in [-0.15, -0.1) is 0 Å². The quantitative estimate of drug-likeness (QED) is 0.862. The summed E-state index contributed by atoms with van der Waals surface area (Å²) in [6, 6.07) is 10.2. The van der Waals surface area contributed by atoms with Crippen LogP contribution >= 0.6 is 0 Å². The highest BCUT2D eigenvalue weighted by Gasteiger charge is 2.17. The second-order valence-electron chi connectivity index (χ2n) is 5.12. The van der Waals surface area contributed by atoms with Gasteiger partial charge in [0.2, 0.25) is 5.91 Å². The van der Waals surface area contributed by atoms with Gasteiger partial charge in [0.1, 0.15) is 6.07 Å². The molecule has 0 aliphatic carbocycles. The maximum Gasteiger partial charge on any atom is 0.224 e. The van der Waals surface area contributed by atoms with Crippen LogP contribution in [0.4, 0.5) is 5.69 Å². The van der Waals surface area contributed by atoms with Crippen molar-refractivity contribution in [2.45, 2.75) is 19.8 Å². The zero-order valence-corrected chi connectivity index (χ0v) is 11.5. The largest absolute Gasteiger partial charge is 0.347 e. The number of fused-ring (bicyclic) bond motifs is 1. The number of amides is 1. The Morgan fingerprint density at radius 2 is 2.10 bits per heavy atom. The molecule has 1 amide bonds. The first-order valence-electron chi connectivity index (χ1n) is 6.59. The third-order valence-corrected chi connectivity index (χ3v) is 3.95. The molecule has 1 N–H and O–H groups in total. The van der Waals surface area contributed by atoms with Gasteiger partial charge < -0.3 is 9.88 Å². The summed E-state index contributed by atoms with van der Waals surface area (Å²) >= 11 is 0. The molecule has 0 saturated carbocycles. The predicted octanol–water partition coefficient (Wildman–Crippen LogP) is 2.76. The van der Waals surface area contributed by atoms with Crippen molar-refractivity contribution in [3.8, 4) is 17.3 Å². The SMILES string of the molecule is Cc1c(C#N)cc(-c2ccc3c(c2)CCC(=O)N3)n1C. The Kier molecular flexibility index (Phi) is 2.83. The van der Waals surface area contributed by atoms with Crippen molar-refractivity contribution in [3.05, 3.63) is 41.1 Å². The maximum absolute atomic E-state index is 11.4. The minimum absolute atomic E-state index is 0.0757. The van der Waals surface area contributed by atoms with E-state index >= 15 is 0 Å². The Morgan fingerprint density at radius 1 is 1.30 bits per heavy atom. The van der Waals surface area contributed by atoms with Crippen LogP contribution in [0.25, 0.3) is 11.3 Å². The van der Waals surface area contributed by atoms with Crippen molar-refractivity contribution >= 4 is 11.6 Å². The number of rotatable bonds is 1. The number of nitrogens with zero attached hydrogens (tertiary/aromatic N) is 2. The molecular formula is C16H15N3O. The van der Waals surface area contributed by atoms with Crippen LogP contribution in [-0.4, -0.2) is 10.5 Å². The van der Waals surface area contributed by atoms with Gasteiger partial charge in [-0.25, -0.2) is 0 Å². The molecule has 4 nitrogen and oxygen atoms in total. The van der Waals surface area contributed by atoms with E-state index in [-0.39, 0.29) is 5.91 Å². The normalized spacial score (nSPS) is 13.6. The summed E-state index contributed by atoms with van der Waals surface area (Å²) in [6.45, 7) is 1.95. The van der Waals surface area contributed by atoms with E-state index in [1.807, 2.05) is 36.7 Å². The van der Waals surface area contributed by atoms with Crippen LogP contribution in [0.5, 0.6) is 0 Å². The smallest absolute Gasteiger partial charge is 0.224 e. The van der Waals surface area contributed by atoms with Crippen LogP contribution in [0.3, 0.4) is 0 Å². The monoisotopic (exact) mass is 265 g/mol. The molecule has 100 valence electrons. The van der Waals surface area contributed by atoms with Crippen LogP contribution in [0.15, 0.2) is 24.3 Å². The van der Waals surface area contributed by atoms with E-state index in [2.05, 4.69) is 17.5 Å². The standard InChI is InChI=1S/C16H15N3O/c1-10-13(9-17)8-15(19(10)2)12-3-5-14-11(7-12)4-6-16(20)18-14/h3,5,7-8H,4,6H2,1-2H3,(H,18,20). The predicted molar refractivity (Wildman–Crippen MR) is 77.3 cm³/mol. The van der Waals surface area contributed by atoms with E-state index < -0.39 is 0 Å². The summed E-state index contributed by atoms with van der Waals surface area (Å²) in [7, 11) is 1.97. The highest BCUT2D eigenvalue weighted by atomic mass is 16.1. The van der Waals surface area contributed by atoms with E-state index in [1.165, 1.54) is 0 Å². The summed E-state index contributed by atoms with van der Waals surface area (Å²) in [5.74, 6) is 0.0757. The number of benzene rings is 1. The molecule has 3 rings (SSSR count). The van der Waals surface area contributed by atoms with Gasteiger partial charge in [0.05, 0.1) is 5.56 Å². The van der Waals surface area contributed by atoms with Gasteiger partial charge in [-0.05, 0) is 42.7 Å². The molecule has 0 atom stereocenters. The van der Waals surface area contributed by atoms with Gasteiger partial charge in [-0.1, -0.05) is 6.07 Å². The van der Waals surface area contributed by atoms with Gasteiger partial charge in [-0.2, -0.15) is 5.26 Å². The number of aryl methyl sites for hydroxylation is 1. The molecular weight excluding hydrogens is 250 g/mol. The summed E-state index contributed by atoms with van der Waals surface area (Å²) < 4.78 is 2.03. The zero-order valence-electron chi connectivity index (χ0n) is 11.5. The van der Waals surface area contributed by atoms with E-state index in [4.69, 9.17) is 5.26 Å². The molecule has 20 heavy (non-hydrogen) atoms. The Hall–Kier alpha value is -2.54. The Balaban J connectivity index is 2.08. The fourth-order valence-corrected chi connectivity index (χ4v) is 2.63. The van der Waals surface area contributed by atoms with Gasteiger partial charge in [-0.3, -0.25) is 4.79 Å². The molecule has 0 fully saturated rings. The Bertz CT molecular complexity index is 750. The fourth-order valence-electron chi connectivity index (χ4n) is 2.63. The number of carbonyl (C=O) groups is 1. The van der Waals surface area contributed by atoms with Crippen molar-refractivity contribution in [1.82, 2.24) is 4.57 Å². The minimum atomic E-state index is 0.0757. The summed E-state index contributed by atoms with van der Waals surface area (Å²) in [4.78, 5) is 11.4. The summed E-state index contributed by atoms with van der Waals surface area (Å²) in [5.41, 5.74) is 5.82. The molecule has 0 bridgehead atoms. The lowest BCUT2D eigenvalue weighted by Crippen LogP contribution is -2.18. The number of carbonyl (C=O) groups excluding carboxylic acids is 1. The molecule has 0 unspecified atom stereocenters. The van der Waals surface area contributed by atoms with Crippen molar-refractivity contribution in [2.24, 2.45) is 7.05 Å². The number of hydrogen-bond donors (Lipinski definition) is 1. The number of anilines is 1. The second-order valence-corrected chi connectivity index (χ2v) is 5.12. The molecule has 1 aliphatic heterocycles. The zero-order chi connectivity index (χ0) is 14.3. The summed E-state index contributed by atoms with van der Waals surface area (Å²) in [6.07, 6.45) is 1.30. The van der Waals surface area contributed by atoms with Crippen molar-refractivity contribution in [2.75, 3.05) is 5.32 Å². The second kappa shape index (κ2) is 4.53. The van der Waals surface area contributed by atoms with E-state index in [1.54, 1.807) is 0 Å². The van der Waals surface area contributed by atoms with Crippen LogP contribution in [0.1, 0.15) is 23.2 Å². The maximum atomic E-state index is 11.4. The molecule has 0 saturated heterocycles. The van der Waals surface area contributed by atoms with Gasteiger partial charge in [0.25, 0.3) is 0 Å². The van der Waals surface area contributed by atoms with Gasteiger partial charge in [0.15, 0.2) is 0 Å². The van der Waals surface area contributed by atoms with Crippen molar-refractivity contribution in [3.63, 3.8) is 0 Å². The molecule has 2 aromatic rings. The van der Waals surface area contributed by atoms with E-state index in [9.17, 15) is 4.79 Å². The minimum Gasteiger partial charge on any atom is -0.347 e. The van der Waals surface area contributed by atoms with Gasteiger partial charge in [0, 0.05) is 30.5 Å². The topological polar surface area (TPSA) is 57.8 Å². The van der Waals surface area contributed by atoms with Crippen LogP contribution < -0.4 is 5.32 Å². The number of nitriles is 1. The summed E-state index contributed by atoms with van der Waals surface area (Å²) in [5, 5.41) is 12.0. The molecule has 0 radical (unpaired) electrons. The van der Waals surface area contributed by atoms with E-state index in [0.29, 0.717) is 12.0 Å². The Morgan fingerprint density at radius 3 is 2.80 bits per heavy atom. The lowest BCUT2D eigenvalue weighted by molar-refractivity contribution is -0.116. The molecule has 0 spiro atoms. The highest BCUT2D eigenvalue weighted by molar-refractivity contribution is 5.94. The van der Waals surface area contributed by atoms with E-state index in [0.717, 1.165) is 34.6 Å². The molecule has 4 heteroatoms. The number of nitrogens with one attached hydrogen (secondary N) is 1. The number of hydrogen-bond acceptors (Lipinski definition) is 2. The Labute approximate surface area is 117 Å². The highest BCUT2D eigenvalue weighted by Crippen LogP contribution is 2.30. The third kappa shape index (κ3) is 1.88. The average Bonchev–Trinajstić information content (AvgIpc) is 2.74. The molecule has 1 aromatic carbocycles. The van der Waals surface area contributed by atoms with Crippen LogP contribution in [-0.2, 0) is 18.3 Å². The fraction of sp³-hybridized carbons (Fsp3) is 0.250. The van der Waals surface area contributed by atoms with Crippen LogP contribution in [0.2, 0.25) is 0 Å². The lowest BCUT2D eigenvalue weighted by Gasteiger charge is -2.17. The molecule has 2 heterocycles. The first-order valence-corrected chi connectivity index (χ1v) is 6.59. The van der Waals surface area contributed by atoms with Crippen molar-refractivity contribution in [1.29, 1.82) is 5.26 Å².